The van der Waals surface area contributed by atoms with Crippen LogP contribution in [0.3, 0.4) is 0 Å². The molecule has 0 spiro atoms. The number of ether oxygens (including phenoxy) is 3. The number of rotatable bonds is 10. The molecule has 0 saturated heterocycles. The van der Waals surface area contributed by atoms with Gasteiger partial charge in [-0.3, -0.25) is 0 Å². The number of methoxy groups -OCH3 is 1. The van der Waals surface area contributed by atoms with E-state index < -0.39 is 0 Å². The molecule has 0 aliphatic carbocycles. The lowest BCUT2D eigenvalue weighted by molar-refractivity contribution is 0.0642. The summed E-state index contributed by atoms with van der Waals surface area (Å²) >= 11 is 0. The van der Waals surface area contributed by atoms with Gasteiger partial charge in [0.05, 0.1) is 19.8 Å². The Balaban J connectivity index is 2.25. The first-order valence-electron chi connectivity index (χ1n) is 6.58. The molecule has 108 valence electrons. The Hall–Kier alpha value is -1.17. The SMILES string of the molecule is CNCc1cc(C)nc(OCCCOCCOC)c1. The average Bonchev–Trinajstić information content (AvgIpc) is 2.37. The van der Waals surface area contributed by atoms with Crippen molar-refractivity contribution in [3.8, 4) is 5.88 Å². The molecular weight excluding hydrogens is 244 g/mol. The van der Waals surface area contributed by atoms with Crippen molar-refractivity contribution in [1.29, 1.82) is 0 Å². The Labute approximate surface area is 115 Å². The summed E-state index contributed by atoms with van der Waals surface area (Å²) in [6.45, 7) is 5.35. The van der Waals surface area contributed by atoms with E-state index in [2.05, 4.69) is 16.4 Å². The second kappa shape index (κ2) is 9.72. The second-order valence-electron chi connectivity index (χ2n) is 4.29. The summed E-state index contributed by atoms with van der Waals surface area (Å²) in [7, 11) is 3.59. The monoisotopic (exact) mass is 268 g/mol. The Morgan fingerprint density at radius 1 is 1.16 bits per heavy atom. The van der Waals surface area contributed by atoms with Crippen LogP contribution in [0.2, 0.25) is 0 Å². The highest BCUT2D eigenvalue weighted by Crippen LogP contribution is 2.12. The molecule has 0 saturated carbocycles. The van der Waals surface area contributed by atoms with Gasteiger partial charge in [-0.1, -0.05) is 0 Å². The minimum absolute atomic E-state index is 0.614. The summed E-state index contributed by atoms with van der Waals surface area (Å²) in [5.41, 5.74) is 2.15. The average molecular weight is 268 g/mol. The number of aromatic nitrogens is 1. The summed E-state index contributed by atoms with van der Waals surface area (Å²) in [6, 6.07) is 4.02. The number of aryl methyl sites for hydroxylation is 1. The second-order valence-corrected chi connectivity index (χ2v) is 4.29. The zero-order valence-corrected chi connectivity index (χ0v) is 12.1. The fourth-order valence-electron chi connectivity index (χ4n) is 1.67. The molecule has 0 radical (unpaired) electrons. The summed E-state index contributed by atoms with van der Waals surface area (Å²) in [5, 5.41) is 3.12. The van der Waals surface area contributed by atoms with E-state index in [1.165, 1.54) is 5.56 Å². The Kier molecular flexibility index (Phi) is 8.13. The highest BCUT2D eigenvalue weighted by atomic mass is 16.5. The molecule has 1 aromatic rings. The fourth-order valence-corrected chi connectivity index (χ4v) is 1.67. The first kappa shape index (κ1) is 15.9. The molecule has 19 heavy (non-hydrogen) atoms. The molecule has 1 aromatic heterocycles. The Bertz CT molecular complexity index is 359. The van der Waals surface area contributed by atoms with Crippen molar-refractivity contribution in [2.24, 2.45) is 0 Å². The van der Waals surface area contributed by atoms with Crippen molar-refractivity contribution in [1.82, 2.24) is 10.3 Å². The van der Waals surface area contributed by atoms with Crippen molar-refractivity contribution in [3.63, 3.8) is 0 Å². The van der Waals surface area contributed by atoms with E-state index in [0.717, 1.165) is 18.7 Å². The number of hydrogen-bond donors (Lipinski definition) is 1. The molecule has 1 rings (SSSR count). The van der Waals surface area contributed by atoms with E-state index in [-0.39, 0.29) is 0 Å². The lowest BCUT2D eigenvalue weighted by atomic mass is 10.2. The van der Waals surface area contributed by atoms with Crippen LogP contribution in [0.5, 0.6) is 5.88 Å². The first-order valence-corrected chi connectivity index (χ1v) is 6.58. The van der Waals surface area contributed by atoms with Gasteiger partial charge in [0.1, 0.15) is 0 Å². The Morgan fingerprint density at radius 3 is 2.74 bits per heavy atom. The maximum Gasteiger partial charge on any atom is 0.213 e. The Morgan fingerprint density at radius 2 is 2.00 bits per heavy atom. The summed E-state index contributed by atoms with van der Waals surface area (Å²) in [4.78, 5) is 4.35. The van der Waals surface area contributed by atoms with Gasteiger partial charge in [0.2, 0.25) is 5.88 Å². The van der Waals surface area contributed by atoms with Crippen LogP contribution in [0.4, 0.5) is 0 Å². The van der Waals surface area contributed by atoms with Crippen molar-refractivity contribution < 1.29 is 14.2 Å². The molecule has 5 nitrogen and oxygen atoms in total. The molecule has 0 atom stereocenters. The van der Waals surface area contributed by atoms with Gasteiger partial charge in [-0.05, 0) is 25.6 Å². The third-order valence-corrected chi connectivity index (χ3v) is 2.49. The van der Waals surface area contributed by atoms with Crippen LogP contribution in [-0.2, 0) is 16.0 Å². The van der Waals surface area contributed by atoms with Gasteiger partial charge < -0.3 is 19.5 Å². The van der Waals surface area contributed by atoms with Crippen molar-refractivity contribution in [2.75, 3.05) is 40.6 Å². The molecule has 0 aliphatic rings. The molecular formula is C14H24N2O3. The predicted octanol–water partition coefficient (Wildman–Crippen LogP) is 1.54. The number of hydrogen-bond acceptors (Lipinski definition) is 5. The van der Waals surface area contributed by atoms with Crippen LogP contribution in [0.25, 0.3) is 0 Å². The zero-order chi connectivity index (χ0) is 13.9. The lowest BCUT2D eigenvalue weighted by Crippen LogP contribution is -2.09. The molecule has 0 amide bonds. The van der Waals surface area contributed by atoms with E-state index in [1.807, 2.05) is 20.0 Å². The number of nitrogens with one attached hydrogen (secondary N) is 1. The highest BCUT2D eigenvalue weighted by molar-refractivity contribution is 5.24. The van der Waals surface area contributed by atoms with Crippen molar-refractivity contribution in [3.05, 3.63) is 23.4 Å². The smallest absolute Gasteiger partial charge is 0.213 e. The van der Waals surface area contributed by atoms with E-state index >= 15 is 0 Å². The molecule has 0 fully saturated rings. The van der Waals surface area contributed by atoms with Crippen LogP contribution < -0.4 is 10.1 Å². The first-order chi connectivity index (χ1) is 9.26. The predicted molar refractivity (Wildman–Crippen MR) is 74.5 cm³/mol. The minimum Gasteiger partial charge on any atom is -0.478 e. The van der Waals surface area contributed by atoms with E-state index in [4.69, 9.17) is 14.2 Å². The van der Waals surface area contributed by atoms with Gasteiger partial charge in [-0.2, -0.15) is 0 Å². The van der Waals surface area contributed by atoms with Crippen LogP contribution in [0, 0.1) is 6.92 Å². The van der Waals surface area contributed by atoms with Crippen molar-refractivity contribution in [2.45, 2.75) is 19.9 Å². The van der Waals surface area contributed by atoms with E-state index in [1.54, 1.807) is 7.11 Å². The number of nitrogens with zero attached hydrogens (tertiary/aromatic N) is 1. The zero-order valence-electron chi connectivity index (χ0n) is 12.1. The van der Waals surface area contributed by atoms with Crippen molar-refractivity contribution >= 4 is 0 Å². The lowest BCUT2D eigenvalue weighted by Gasteiger charge is -2.09. The van der Waals surface area contributed by atoms with Crippen LogP contribution >= 0.6 is 0 Å². The maximum absolute atomic E-state index is 5.63. The van der Waals surface area contributed by atoms with Gasteiger partial charge in [0.25, 0.3) is 0 Å². The third kappa shape index (κ3) is 7.10. The van der Waals surface area contributed by atoms with Gasteiger partial charge in [0.15, 0.2) is 0 Å². The van der Waals surface area contributed by atoms with E-state index in [0.29, 0.717) is 32.3 Å². The highest BCUT2D eigenvalue weighted by Gasteiger charge is 2.01. The van der Waals surface area contributed by atoms with Crippen LogP contribution in [-0.4, -0.2) is 45.6 Å². The van der Waals surface area contributed by atoms with Gasteiger partial charge in [-0.25, -0.2) is 4.98 Å². The van der Waals surface area contributed by atoms with Crippen LogP contribution in [0.15, 0.2) is 12.1 Å². The molecule has 0 aromatic carbocycles. The molecule has 0 bridgehead atoms. The van der Waals surface area contributed by atoms with Crippen LogP contribution in [0.1, 0.15) is 17.7 Å². The number of pyridine rings is 1. The van der Waals surface area contributed by atoms with E-state index in [9.17, 15) is 0 Å². The molecule has 0 aliphatic heterocycles. The molecule has 0 unspecified atom stereocenters. The quantitative estimate of drug-likeness (QED) is 0.652. The standard InChI is InChI=1S/C14H24N2O3/c1-12-9-13(11-15-2)10-14(16-12)19-6-4-5-18-8-7-17-3/h9-10,15H,4-8,11H2,1-3H3. The molecule has 5 heteroatoms. The van der Waals surface area contributed by atoms with Gasteiger partial charge in [-0.15, -0.1) is 0 Å². The van der Waals surface area contributed by atoms with Gasteiger partial charge >= 0.3 is 0 Å². The molecule has 1 heterocycles. The third-order valence-electron chi connectivity index (χ3n) is 2.49. The largest absolute Gasteiger partial charge is 0.478 e. The summed E-state index contributed by atoms with van der Waals surface area (Å²) < 4.78 is 15.9. The summed E-state index contributed by atoms with van der Waals surface area (Å²) in [6.07, 6.45) is 0.848. The minimum atomic E-state index is 0.614. The summed E-state index contributed by atoms with van der Waals surface area (Å²) in [5.74, 6) is 0.683. The molecule has 1 N–H and O–H groups in total. The topological polar surface area (TPSA) is 52.6 Å². The fraction of sp³-hybridized carbons (Fsp3) is 0.643. The maximum atomic E-state index is 5.63. The normalized spacial score (nSPS) is 10.7. The van der Waals surface area contributed by atoms with Gasteiger partial charge in [0, 0.05) is 38.4 Å².